The molecular weight excluding hydrogens is 667 g/mol. The molecule has 11 rings (SSSR count). The lowest BCUT2D eigenvalue weighted by Gasteiger charge is -2.48. The largest absolute Gasteiger partial charge is 0.309 e. The molecule has 0 saturated heterocycles. The summed E-state index contributed by atoms with van der Waals surface area (Å²) >= 11 is 3.90. The third-order valence-electron chi connectivity index (χ3n) is 11.2. The van der Waals surface area contributed by atoms with E-state index in [4.69, 9.17) is 0 Å². The summed E-state index contributed by atoms with van der Waals surface area (Å²) in [7, 11) is 0. The fraction of sp³-hybridized carbons (Fsp3) is 0.0612. The van der Waals surface area contributed by atoms with E-state index in [1.165, 1.54) is 91.6 Å². The van der Waals surface area contributed by atoms with Gasteiger partial charge in [0.15, 0.2) is 0 Å². The van der Waals surface area contributed by atoms with E-state index < -0.39 is 0 Å². The highest BCUT2D eigenvalue weighted by molar-refractivity contribution is 8.03. The number of thioether (sulfide) groups is 1. The van der Waals surface area contributed by atoms with E-state index in [-0.39, 0.29) is 5.41 Å². The number of allylic oxidation sites excluding steroid dienone is 3. The van der Waals surface area contributed by atoms with Gasteiger partial charge in [-0.15, -0.1) is 0 Å². The van der Waals surface area contributed by atoms with Crippen molar-refractivity contribution in [3.05, 3.63) is 203 Å². The zero-order chi connectivity index (χ0) is 34.2. The number of rotatable bonds is 3. The number of hydrogen-bond acceptors (Lipinski definition) is 2. The number of aromatic nitrogens is 1. The molecule has 0 amide bonds. The predicted octanol–water partition coefficient (Wildman–Crippen LogP) is 13.6. The van der Waals surface area contributed by atoms with E-state index in [0.717, 1.165) is 12.8 Å². The minimum absolute atomic E-state index is 0.383. The van der Waals surface area contributed by atoms with Crippen LogP contribution in [-0.2, 0) is 5.41 Å². The van der Waals surface area contributed by atoms with E-state index in [0.29, 0.717) is 0 Å². The molecule has 246 valence electrons. The summed E-state index contributed by atoms with van der Waals surface area (Å²) in [6, 6.07) is 61.0. The highest BCUT2D eigenvalue weighted by Gasteiger charge is 2.50. The van der Waals surface area contributed by atoms with Crippen LogP contribution < -0.4 is 0 Å². The Morgan fingerprint density at radius 3 is 2.13 bits per heavy atom. The fourth-order valence-electron chi connectivity index (χ4n) is 9.02. The van der Waals surface area contributed by atoms with Gasteiger partial charge < -0.3 is 4.57 Å². The van der Waals surface area contributed by atoms with Crippen LogP contribution in [0.4, 0.5) is 0 Å². The molecule has 0 bridgehead atoms. The molecule has 7 aromatic carbocycles. The van der Waals surface area contributed by atoms with Crippen LogP contribution in [0.5, 0.6) is 0 Å². The van der Waals surface area contributed by atoms with Crippen LogP contribution in [0.3, 0.4) is 0 Å². The standard InChI is InChI=1S/C49H33NS2/c1-3-14-32(15-4-1)33-27-29-41-47(31-33)52-48-36(19-13-22-42(48)49(41)39-20-8-11-24-45(39)51-46-25-12-9-21-40(46)49)34-26-28-38-37-18-7-10-23-43(37)50(44(38)30-34)35-16-5-2-6-17-35/h1-8,10-20,22-31H,9,21H2. The molecule has 1 aliphatic carbocycles. The van der Waals surface area contributed by atoms with E-state index in [2.05, 4.69) is 181 Å². The quantitative estimate of drug-likeness (QED) is 0.181. The Morgan fingerprint density at radius 1 is 0.500 bits per heavy atom. The Morgan fingerprint density at radius 2 is 1.23 bits per heavy atom. The van der Waals surface area contributed by atoms with E-state index in [1.807, 2.05) is 23.5 Å². The number of nitrogens with zero attached hydrogens (tertiary/aromatic N) is 1. The van der Waals surface area contributed by atoms with Crippen molar-refractivity contribution in [2.45, 2.75) is 32.9 Å². The Labute approximate surface area is 312 Å². The van der Waals surface area contributed by atoms with Crippen LogP contribution in [-0.4, -0.2) is 4.57 Å². The first-order chi connectivity index (χ1) is 25.8. The van der Waals surface area contributed by atoms with Gasteiger partial charge in [-0.25, -0.2) is 0 Å². The monoisotopic (exact) mass is 699 g/mol. The second kappa shape index (κ2) is 11.8. The molecule has 0 fully saturated rings. The SMILES string of the molecule is C1=CC2=C(CC1)C1(c3ccccc3S2)c2ccc(-c3ccccc3)cc2Sc2c(-c3ccc4c5ccccc5n(-c5ccccc5)c4c3)cccc21. The average molecular weight is 700 g/mol. The van der Waals surface area contributed by atoms with Gasteiger partial charge in [-0.3, -0.25) is 0 Å². The second-order valence-corrected chi connectivity index (χ2v) is 16.0. The first kappa shape index (κ1) is 30.2. The first-order valence-corrected chi connectivity index (χ1v) is 19.7. The molecule has 2 aliphatic heterocycles. The average Bonchev–Trinajstić information content (AvgIpc) is 3.54. The Hall–Kier alpha value is -5.48. The molecule has 1 spiro atoms. The summed E-state index contributed by atoms with van der Waals surface area (Å²) in [6.07, 6.45) is 6.86. The molecule has 0 N–H and O–H groups in total. The molecule has 1 unspecified atom stereocenters. The number of hydrogen-bond donors (Lipinski definition) is 0. The van der Waals surface area contributed by atoms with Crippen molar-refractivity contribution in [2.75, 3.05) is 0 Å². The van der Waals surface area contributed by atoms with Gasteiger partial charge in [0, 0.05) is 36.1 Å². The lowest BCUT2D eigenvalue weighted by atomic mass is 9.62. The van der Waals surface area contributed by atoms with Gasteiger partial charge in [-0.05, 0) is 93.8 Å². The van der Waals surface area contributed by atoms with Crippen molar-refractivity contribution < 1.29 is 0 Å². The Balaban J connectivity index is 1.21. The van der Waals surface area contributed by atoms with Gasteiger partial charge in [0.2, 0.25) is 0 Å². The zero-order valence-corrected chi connectivity index (χ0v) is 30.1. The highest BCUT2D eigenvalue weighted by Crippen LogP contribution is 2.64. The minimum atomic E-state index is -0.383. The lowest BCUT2D eigenvalue weighted by molar-refractivity contribution is 0.630. The maximum absolute atomic E-state index is 2.45. The van der Waals surface area contributed by atoms with E-state index in [9.17, 15) is 0 Å². The molecule has 1 nitrogen and oxygen atoms in total. The van der Waals surface area contributed by atoms with Crippen LogP contribution >= 0.6 is 23.5 Å². The van der Waals surface area contributed by atoms with Gasteiger partial charge in [-0.1, -0.05) is 163 Å². The van der Waals surface area contributed by atoms with E-state index in [1.54, 1.807) is 0 Å². The van der Waals surface area contributed by atoms with Crippen molar-refractivity contribution in [1.82, 2.24) is 4.57 Å². The maximum Gasteiger partial charge on any atom is 0.0708 e. The Kier molecular flexibility index (Phi) is 6.83. The topological polar surface area (TPSA) is 4.93 Å². The van der Waals surface area contributed by atoms with Gasteiger partial charge in [-0.2, -0.15) is 0 Å². The normalized spacial score (nSPS) is 17.2. The Bertz CT molecular complexity index is 2790. The zero-order valence-electron chi connectivity index (χ0n) is 28.4. The highest BCUT2D eigenvalue weighted by atomic mass is 32.2. The predicted molar refractivity (Wildman–Crippen MR) is 220 cm³/mol. The fourth-order valence-corrected chi connectivity index (χ4v) is 11.6. The number of fused-ring (bicyclic) bond motifs is 10. The second-order valence-electron chi connectivity index (χ2n) is 13.9. The summed E-state index contributed by atoms with van der Waals surface area (Å²) in [5, 5.41) is 2.55. The van der Waals surface area contributed by atoms with Gasteiger partial charge >= 0.3 is 0 Å². The van der Waals surface area contributed by atoms with Crippen molar-refractivity contribution in [3.63, 3.8) is 0 Å². The molecule has 0 saturated carbocycles. The third-order valence-corrected chi connectivity index (χ3v) is 13.6. The molecule has 8 aromatic rings. The lowest BCUT2D eigenvalue weighted by Crippen LogP contribution is -2.38. The van der Waals surface area contributed by atoms with Gasteiger partial charge in [0.1, 0.15) is 0 Å². The summed E-state index contributed by atoms with van der Waals surface area (Å²) in [4.78, 5) is 5.44. The molecule has 52 heavy (non-hydrogen) atoms. The maximum atomic E-state index is 2.45. The van der Waals surface area contributed by atoms with Gasteiger partial charge in [0.25, 0.3) is 0 Å². The van der Waals surface area contributed by atoms with Crippen molar-refractivity contribution in [1.29, 1.82) is 0 Å². The van der Waals surface area contributed by atoms with Crippen molar-refractivity contribution in [3.8, 4) is 27.9 Å². The van der Waals surface area contributed by atoms with Crippen molar-refractivity contribution in [2.24, 2.45) is 0 Å². The van der Waals surface area contributed by atoms with E-state index >= 15 is 0 Å². The van der Waals surface area contributed by atoms with Crippen LogP contribution in [0.25, 0.3) is 49.7 Å². The van der Waals surface area contributed by atoms with Gasteiger partial charge in [0.05, 0.1) is 16.4 Å². The van der Waals surface area contributed by atoms with Crippen molar-refractivity contribution >= 4 is 45.3 Å². The number of para-hydroxylation sites is 2. The minimum Gasteiger partial charge on any atom is -0.309 e. The molecule has 3 aliphatic rings. The molecule has 0 radical (unpaired) electrons. The smallest absolute Gasteiger partial charge is 0.0708 e. The van der Waals surface area contributed by atoms with Crippen LogP contribution in [0, 0.1) is 0 Å². The molecule has 3 heteroatoms. The van der Waals surface area contributed by atoms with Crippen LogP contribution in [0.2, 0.25) is 0 Å². The summed E-state index contributed by atoms with van der Waals surface area (Å²) in [5.74, 6) is 0. The molecule has 3 heterocycles. The summed E-state index contributed by atoms with van der Waals surface area (Å²) in [5.41, 5.74) is 14.0. The number of benzene rings is 7. The third kappa shape index (κ3) is 4.33. The first-order valence-electron chi connectivity index (χ1n) is 18.1. The summed E-state index contributed by atoms with van der Waals surface area (Å²) in [6.45, 7) is 0. The van der Waals surface area contributed by atoms with Crippen LogP contribution in [0.1, 0.15) is 29.5 Å². The van der Waals surface area contributed by atoms with Crippen LogP contribution in [0.15, 0.2) is 201 Å². The summed E-state index contributed by atoms with van der Waals surface area (Å²) < 4.78 is 2.43. The molecule has 1 atom stereocenters. The molecule has 1 aromatic heterocycles. The molecular formula is C49H33NS2.